The molecule has 0 aliphatic rings. The molecule has 10 heavy (non-hydrogen) atoms. The highest BCUT2D eigenvalue weighted by molar-refractivity contribution is 14.1. The van der Waals surface area contributed by atoms with Crippen molar-refractivity contribution < 1.29 is 5.21 Å². The van der Waals surface area contributed by atoms with Crippen molar-refractivity contribution in [3.8, 4) is 6.07 Å². The third-order valence-corrected chi connectivity index (χ3v) is 1.74. The third kappa shape index (κ3) is 1.88. The quantitative estimate of drug-likeness (QED) is 0.551. The van der Waals surface area contributed by atoms with Gasteiger partial charge in [0.1, 0.15) is 5.56 Å². The lowest BCUT2D eigenvalue weighted by Gasteiger charge is -1.84. The first-order chi connectivity index (χ1) is 4.83. The summed E-state index contributed by atoms with van der Waals surface area (Å²) in [4.78, 5) is 0. The van der Waals surface area contributed by atoms with E-state index in [1.807, 2.05) is 24.3 Å². The van der Waals surface area contributed by atoms with Gasteiger partial charge in [0.2, 0.25) is 5.01 Å². The van der Waals surface area contributed by atoms with Gasteiger partial charge < -0.3 is 0 Å². The van der Waals surface area contributed by atoms with Gasteiger partial charge in [-0.25, -0.2) is 0 Å². The molecule has 0 amide bonds. The van der Waals surface area contributed by atoms with E-state index < -0.39 is 0 Å². The van der Waals surface area contributed by atoms with E-state index in [1.54, 1.807) is 0 Å². The molecule has 0 aromatic heterocycles. The van der Waals surface area contributed by atoms with Crippen molar-refractivity contribution in [3.05, 3.63) is 38.4 Å². The second-order valence-corrected chi connectivity index (χ2v) is 2.96. The SMILES string of the molecule is O[N+]#Cc1ccc(I)cc1. The van der Waals surface area contributed by atoms with Crippen LogP contribution in [0.1, 0.15) is 5.56 Å². The summed E-state index contributed by atoms with van der Waals surface area (Å²) in [6.45, 7) is 0. The molecular formula is C7H5INO+. The Morgan fingerprint density at radius 3 is 2.40 bits per heavy atom. The second kappa shape index (κ2) is 3.42. The number of hydrogen-bond donors (Lipinski definition) is 1. The van der Waals surface area contributed by atoms with Gasteiger partial charge in [0, 0.05) is 3.57 Å². The minimum absolute atomic E-state index is 0.780. The Hall–Kier alpha value is -0.760. The van der Waals surface area contributed by atoms with Crippen molar-refractivity contribution >= 4 is 22.6 Å². The van der Waals surface area contributed by atoms with Crippen LogP contribution in [0, 0.1) is 9.64 Å². The Balaban J connectivity index is 2.97. The maximum absolute atomic E-state index is 8.10. The van der Waals surface area contributed by atoms with Crippen LogP contribution in [0.15, 0.2) is 24.3 Å². The van der Waals surface area contributed by atoms with Crippen molar-refractivity contribution in [2.24, 2.45) is 0 Å². The highest BCUT2D eigenvalue weighted by Gasteiger charge is 1.93. The Labute approximate surface area is 72.4 Å². The van der Waals surface area contributed by atoms with E-state index in [1.165, 1.54) is 0 Å². The van der Waals surface area contributed by atoms with E-state index in [-0.39, 0.29) is 0 Å². The van der Waals surface area contributed by atoms with Gasteiger partial charge in [-0.15, -0.1) is 0 Å². The van der Waals surface area contributed by atoms with Crippen LogP contribution >= 0.6 is 22.6 Å². The van der Waals surface area contributed by atoms with Gasteiger partial charge in [-0.2, -0.15) is 5.21 Å². The lowest BCUT2D eigenvalue weighted by atomic mass is 10.2. The van der Waals surface area contributed by atoms with Crippen LogP contribution in [0.25, 0.3) is 5.01 Å². The van der Waals surface area contributed by atoms with E-state index in [4.69, 9.17) is 5.21 Å². The van der Waals surface area contributed by atoms with Crippen LogP contribution < -0.4 is 0 Å². The fraction of sp³-hybridized carbons (Fsp3) is 0. The molecule has 1 N–H and O–H groups in total. The highest BCUT2D eigenvalue weighted by atomic mass is 127. The van der Waals surface area contributed by atoms with Gasteiger partial charge in [0.05, 0.1) is 0 Å². The topological polar surface area (TPSA) is 24.6 Å². The van der Waals surface area contributed by atoms with Gasteiger partial charge in [0.25, 0.3) is 0 Å². The van der Waals surface area contributed by atoms with E-state index in [2.05, 4.69) is 33.7 Å². The number of hydrogen-bond acceptors (Lipinski definition) is 1. The number of benzene rings is 1. The Morgan fingerprint density at radius 1 is 1.30 bits per heavy atom. The maximum Gasteiger partial charge on any atom is 0.388 e. The summed E-state index contributed by atoms with van der Waals surface area (Å²) in [6, 6.07) is 9.93. The zero-order chi connectivity index (χ0) is 7.40. The minimum Gasteiger partial charge on any atom is -0.177 e. The first-order valence-corrected chi connectivity index (χ1v) is 3.76. The number of rotatable bonds is 0. The molecule has 0 aliphatic carbocycles. The number of nitrogens with zero attached hydrogens (tertiary/aromatic N) is 1. The van der Waals surface area contributed by atoms with Crippen molar-refractivity contribution in [2.75, 3.05) is 0 Å². The monoisotopic (exact) mass is 246 g/mol. The Bertz CT molecular complexity index is 270. The molecule has 0 saturated heterocycles. The van der Waals surface area contributed by atoms with Gasteiger partial charge >= 0.3 is 6.07 Å². The average Bonchev–Trinajstić information content (AvgIpc) is 1.95. The Kier molecular flexibility index (Phi) is 2.51. The summed E-state index contributed by atoms with van der Waals surface area (Å²) in [7, 11) is 0. The highest BCUT2D eigenvalue weighted by Crippen LogP contribution is 2.05. The molecule has 0 unspecified atom stereocenters. The Morgan fingerprint density at radius 2 is 1.90 bits per heavy atom. The number of halogens is 1. The average molecular weight is 246 g/mol. The largest absolute Gasteiger partial charge is 0.388 e. The zero-order valence-electron chi connectivity index (χ0n) is 5.08. The predicted octanol–water partition coefficient (Wildman–Crippen LogP) is 2.36. The molecule has 0 fully saturated rings. The molecule has 1 rings (SSSR count). The smallest absolute Gasteiger partial charge is 0.177 e. The summed E-state index contributed by atoms with van der Waals surface area (Å²) in [5.41, 5.74) is 0.780. The molecule has 1 aromatic rings. The summed E-state index contributed by atoms with van der Waals surface area (Å²) in [5.74, 6) is 0. The third-order valence-electron chi connectivity index (χ3n) is 1.02. The predicted molar refractivity (Wildman–Crippen MR) is 47.3 cm³/mol. The maximum atomic E-state index is 8.10. The zero-order valence-corrected chi connectivity index (χ0v) is 7.24. The van der Waals surface area contributed by atoms with Gasteiger partial charge in [-0.1, -0.05) is 0 Å². The molecule has 3 heteroatoms. The first-order valence-electron chi connectivity index (χ1n) is 2.68. The molecule has 0 radical (unpaired) electrons. The van der Waals surface area contributed by atoms with Crippen molar-refractivity contribution in [1.29, 1.82) is 0 Å². The first kappa shape index (κ1) is 7.35. The normalized spacial score (nSPS) is 8.10. The van der Waals surface area contributed by atoms with Crippen LogP contribution in [0.5, 0.6) is 0 Å². The summed E-state index contributed by atoms with van der Waals surface area (Å²) in [5, 5.41) is 10.9. The molecule has 0 bridgehead atoms. The second-order valence-electron chi connectivity index (χ2n) is 1.72. The van der Waals surface area contributed by atoms with Crippen LogP contribution in [0.4, 0.5) is 0 Å². The van der Waals surface area contributed by atoms with Crippen molar-refractivity contribution in [3.63, 3.8) is 0 Å². The standard InChI is InChI=1S/C7H4INO/c8-7-3-1-6(2-4-7)5-9-10/h1-4H/p+1. The summed E-state index contributed by atoms with van der Waals surface area (Å²) < 4.78 is 1.15. The molecule has 1 aromatic carbocycles. The fourth-order valence-corrected chi connectivity index (χ4v) is 0.942. The molecule has 0 heterocycles. The van der Waals surface area contributed by atoms with Gasteiger partial charge in [0.15, 0.2) is 0 Å². The fourth-order valence-electron chi connectivity index (χ4n) is 0.582. The van der Waals surface area contributed by atoms with Gasteiger partial charge in [-0.3, -0.25) is 0 Å². The summed E-state index contributed by atoms with van der Waals surface area (Å²) >= 11 is 2.20. The summed E-state index contributed by atoms with van der Waals surface area (Å²) in [6.07, 6.45) is 0. The molecule has 50 valence electrons. The van der Waals surface area contributed by atoms with E-state index >= 15 is 0 Å². The van der Waals surface area contributed by atoms with E-state index in [9.17, 15) is 0 Å². The van der Waals surface area contributed by atoms with Crippen LogP contribution in [0.3, 0.4) is 0 Å². The molecule has 0 atom stereocenters. The molecular weight excluding hydrogens is 241 g/mol. The van der Waals surface area contributed by atoms with Gasteiger partial charge in [-0.05, 0) is 46.9 Å². The molecule has 0 spiro atoms. The van der Waals surface area contributed by atoms with E-state index in [0.717, 1.165) is 9.13 Å². The molecule has 0 saturated carbocycles. The lowest BCUT2D eigenvalue weighted by molar-refractivity contribution is 0.465. The minimum atomic E-state index is 0.780. The van der Waals surface area contributed by atoms with Crippen LogP contribution in [0.2, 0.25) is 0 Å². The van der Waals surface area contributed by atoms with Crippen LogP contribution in [-0.4, -0.2) is 5.21 Å². The molecule has 2 nitrogen and oxygen atoms in total. The lowest BCUT2D eigenvalue weighted by Crippen LogP contribution is -1.72. The van der Waals surface area contributed by atoms with Crippen LogP contribution in [-0.2, 0) is 0 Å². The van der Waals surface area contributed by atoms with E-state index in [0.29, 0.717) is 0 Å². The van der Waals surface area contributed by atoms with Crippen molar-refractivity contribution in [1.82, 2.24) is 0 Å². The van der Waals surface area contributed by atoms with Crippen molar-refractivity contribution in [2.45, 2.75) is 0 Å². The molecule has 0 aliphatic heterocycles.